The third-order valence-corrected chi connectivity index (χ3v) is 3.27. The van der Waals surface area contributed by atoms with Crippen LogP contribution in [0, 0.1) is 19.8 Å². The van der Waals surface area contributed by atoms with Crippen LogP contribution in [0.25, 0.3) is 0 Å². The van der Waals surface area contributed by atoms with Gasteiger partial charge in [-0.15, -0.1) is 0 Å². The second-order valence-electron chi connectivity index (χ2n) is 6.66. The molecule has 0 saturated carbocycles. The van der Waals surface area contributed by atoms with E-state index in [1.54, 1.807) is 7.11 Å². The summed E-state index contributed by atoms with van der Waals surface area (Å²) in [5, 5.41) is 3.55. The molecule has 1 atom stereocenters. The van der Waals surface area contributed by atoms with Gasteiger partial charge in [-0.05, 0) is 59.1 Å². The molecular formula is C16H29N3O. The highest BCUT2D eigenvalue weighted by molar-refractivity contribution is 5.24. The summed E-state index contributed by atoms with van der Waals surface area (Å²) in [6.07, 6.45) is 1.01. The highest BCUT2D eigenvalue weighted by Gasteiger charge is 2.15. The predicted octanol–water partition coefficient (Wildman–Crippen LogP) is 2.81. The van der Waals surface area contributed by atoms with Crippen LogP contribution in [0.15, 0.2) is 0 Å². The second-order valence-corrected chi connectivity index (χ2v) is 6.66. The molecular weight excluding hydrogens is 250 g/mol. The van der Waals surface area contributed by atoms with Gasteiger partial charge in [0.2, 0.25) is 0 Å². The molecule has 1 rings (SSSR count). The van der Waals surface area contributed by atoms with Gasteiger partial charge in [-0.25, -0.2) is 9.97 Å². The van der Waals surface area contributed by atoms with Gasteiger partial charge in [0.1, 0.15) is 6.61 Å². The quantitative estimate of drug-likeness (QED) is 0.870. The van der Waals surface area contributed by atoms with E-state index in [1.807, 2.05) is 0 Å². The van der Waals surface area contributed by atoms with Crippen molar-refractivity contribution < 1.29 is 4.74 Å². The standard InChI is InChI=1S/C16H29N3O/c1-11(9-17-16(4,5)6)8-14-12(2)18-15(10-20-7)19-13(14)3/h11,17H,8-10H2,1-7H3. The summed E-state index contributed by atoms with van der Waals surface area (Å²) in [6, 6.07) is 0. The molecule has 4 heteroatoms. The average Bonchev–Trinajstić information content (AvgIpc) is 2.31. The van der Waals surface area contributed by atoms with Crippen LogP contribution in [0.5, 0.6) is 0 Å². The molecule has 0 aliphatic carbocycles. The van der Waals surface area contributed by atoms with E-state index in [4.69, 9.17) is 4.74 Å². The Balaban J connectivity index is 2.72. The minimum atomic E-state index is 0.164. The van der Waals surface area contributed by atoms with Crippen LogP contribution in [-0.2, 0) is 17.8 Å². The molecule has 1 aromatic heterocycles. The Bertz CT molecular complexity index is 415. The maximum Gasteiger partial charge on any atom is 0.154 e. The van der Waals surface area contributed by atoms with Crippen LogP contribution in [0.4, 0.5) is 0 Å². The SMILES string of the molecule is COCc1nc(C)c(CC(C)CNC(C)(C)C)c(C)n1. The Labute approximate surface area is 123 Å². The molecule has 1 N–H and O–H groups in total. The fourth-order valence-corrected chi connectivity index (χ4v) is 2.20. The molecule has 0 fully saturated rings. The Morgan fingerprint density at radius 2 is 1.70 bits per heavy atom. The van der Waals surface area contributed by atoms with Crippen LogP contribution in [0.2, 0.25) is 0 Å². The fourth-order valence-electron chi connectivity index (χ4n) is 2.20. The lowest BCUT2D eigenvalue weighted by atomic mass is 9.97. The van der Waals surface area contributed by atoms with Crippen LogP contribution in [-0.4, -0.2) is 29.2 Å². The number of hydrogen-bond donors (Lipinski definition) is 1. The van der Waals surface area contributed by atoms with E-state index in [0.29, 0.717) is 12.5 Å². The zero-order valence-electron chi connectivity index (χ0n) is 14.0. The molecule has 0 aliphatic rings. The Morgan fingerprint density at radius 1 is 1.15 bits per heavy atom. The number of aromatic nitrogens is 2. The molecule has 4 nitrogen and oxygen atoms in total. The normalized spacial score (nSPS) is 13.6. The van der Waals surface area contributed by atoms with Crippen LogP contribution < -0.4 is 5.32 Å². The maximum atomic E-state index is 5.10. The Morgan fingerprint density at radius 3 is 2.15 bits per heavy atom. The van der Waals surface area contributed by atoms with Crippen LogP contribution in [0.3, 0.4) is 0 Å². The summed E-state index contributed by atoms with van der Waals surface area (Å²) in [5.74, 6) is 1.33. The zero-order chi connectivity index (χ0) is 15.3. The Hall–Kier alpha value is -1.00. The lowest BCUT2D eigenvalue weighted by molar-refractivity contribution is 0.177. The van der Waals surface area contributed by atoms with Crippen LogP contribution >= 0.6 is 0 Å². The molecule has 1 heterocycles. The maximum absolute atomic E-state index is 5.10. The van der Waals surface area contributed by atoms with E-state index >= 15 is 0 Å². The van der Waals surface area contributed by atoms with E-state index in [9.17, 15) is 0 Å². The van der Waals surface area contributed by atoms with Gasteiger partial charge in [-0.1, -0.05) is 6.92 Å². The van der Waals surface area contributed by atoms with Crippen molar-refractivity contribution >= 4 is 0 Å². The van der Waals surface area contributed by atoms with Gasteiger partial charge in [0.25, 0.3) is 0 Å². The van der Waals surface area contributed by atoms with E-state index in [2.05, 4.69) is 56.8 Å². The average molecular weight is 279 g/mol. The number of rotatable bonds is 6. The highest BCUT2D eigenvalue weighted by Crippen LogP contribution is 2.16. The second kappa shape index (κ2) is 7.14. The number of nitrogens with zero attached hydrogens (tertiary/aromatic N) is 2. The molecule has 1 unspecified atom stereocenters. The van der Waals surface area contributed by atoms with Crippen molar-refractivity contribution in [3.8, 4) is 0 Å². The van der Waals surface area contributed by atoms with Gasteiger partial charge < -0.3 is 10.1 Å². The first-order valence-electron chi connectivity index (χ1n) is 7.30. The molecule has 0 amide bonds. The van der Waals surface area contributed by atoms with Crippen molar-refractivity contribution in [2.24, 2.45) is 5.92 Å². The first kappa shape index (κ1) is 17.1. The molecule has 1 aromatic rings. The van der Waals surface area contributed by atoms with E-state index < -0.39 is 0 Å². The minimum Gasteiger partial charge on any atom is -0.377 e. The predicted molar refractivity (Wildman–Crippen MR) is 82.8 cm³/mol. The molecule has 0 aliphatic heterocycles. The van der Waals surface area contributed by atoms with Crippen molar-refractivity contribution in [3.63, 3.8) is 0 Å². The summed E-state index contributed by atoms with van der Waals surface area (Å²) in [7, 11) is 1.67. The first-order valence-corrected chi connectivity index (χ1v) is 7.30. The van der Waals surface area contributed by atoms with Crippen LogP contribution in [0.1, 0.15) is 50.5 Å². The van der Waals surface area contributed by atoms with Gasteiger partial charge in [-0.3, -0.25) is 0 Å². The zero-order valence-corrected chi connectivity index (χ0v) is 14.0. The smallest absolute Gasteiger partial charge is 0.154 e. The molecule has 0 radical (unpaired) electrons. The van der Waals surface area contributed by atoms with E-state index in [-0.39, 0.29) is 5.54 Å². The summed E-state index contributed by atoms with van der Waals surface area (Å²) >= 11 is 0. The molecule has 20 heavy (non-hydrogen) atoms. The number of ether oxygens (including phenoxy) is 1. The van der Waals surface area contributed by atoms with Crippen molar-refractivity contribution in [3.05, 3.63) is 22.8 Å². The van der Waals surface area contributed by atoms with Gasteiger partial charge >= 0.3 is 0 Å². The molecule has 0 bridgehead atoms. The molecule has 0 aromatic carbocycles. The van der Waals surface area contributed by atoms with E-state index in [0.717, 1.165) is 30.2 Å². The summed E-state index contributed by atoms with van der Waals surface area (Å²) in [6.45, 7) is 14.4. The lowest BCUT2D eigenvalue weighted by Crippen LogP contribution is -2.39. The number of hydrogen-bond acceptors (Lipinski definition) is 4. The first-order chi connectivity index (χ1) is 9.23. The topological polar surface area (TPSA) is 47.0 Å². The monoisotopic (exact) mass is 279 g/mol. The summed E-state index contributed by atoms with van der Waals surface area (Å²) < 4.78 is 5.10. The van der Waals surface area contributed by atoms with Crippen molar-refractivity contribution in [2.75, 3.05) is 13.7 Å². The number of methoxy groups -OCH3 is 1. The molecule has 114 valence electrons. The largest absolute Gasteiger partial charge is 0.377 e. The fraction of sp³-hybridized carbons (Fsp3) is 0.750. The summed E-state index contributed by atoms with van der Waals surface area (Å²) in [5.41, 5.74) is 3.59. The third-order valence-electron chi connectivity index (χ3n) is 3.27. The van der Waals surface area contributed by atoms with Gasteiger partial charge in [0.05, 0.1) is 0 Å². The third kappa shape index (κ3) is 5.55. The minimum absolute atomic E-state index is 0.164. The highest BCUT2D eigenvalue weighted by atomic mass is 16.5. The Kier molecular flexibility index (Phi) is 6.08. The van der Waals surface area contributed by atoms with Crippen molar-refractivity contribution in [2.45, 2.75) is 60.1 Å². The van der Waals surface area contributed by atoms with Gasteiger partial charge in [0.15, 0.2) is 5.82 Å². The summed E-state index contributed by atoms with van der Waals surface area (Å²) in [4.78, 5) is 9.06. The van der Waals surface area contributed by atoms with Crippen molar-refractivity contribution in [1.29, 1.82) is 0 Å². The van der Waals surface area contributed by atoms with E-state index in [1.165, 1.54) is 5.56 Å². The lowest BCUT2D eigenvalue weighted by Gasteiger charge is -2.24. The molecule has 0 spiro atoms. The van der Waals surface area contributed by atoms with Crippen molar-refractivity contribution in [1.82, 2.24) is 15.3 Å². The van der Waals surface area contributed by atoms with Gasteiger partial charge in [0, 0.05) is 24.0 Å². The number of nitrogens with one attached hydrogen (secondary N) is 1. The number of aryl methyl sites for hydroxylation is 2. The van der Waals surface area contributed by atoms with Gasteiger partial charge in [-0.2, -0.15) is 0 Å². The molecule has 0 saturated heterocycles.